The zero-order chi connectivity index (χ0) is 27.0. The molecule has 2 aromatic heterocycles. The standard InChI is InChI=1S/C28H36N8O2/c1-28(2,3)24-18-25(34-38-24)33-27(37)32-23-8-5-7-21(17-23)9-10-22-19-29-20-31-26(22)30-11-6-12-36-15-13-35(4)14-16-36/h5,7-8,17-20H,6,11-16H2,1-4H3,(H,29,30,31)(H2,32,33,34,37). The third kappa shape index (κ3) is 8.03. The van der Waals surface area contributed by atoms with E-state index >= 15 is 0 Å². The number of likely N-dealkylation sites (N-methyl/N-ethyl adjacent to an activating group) is 1. The lowest BCUT2D eigenvalue weighted by molar-refractivity contribution is 0.154. The minimum Gasteiger partial charge on any atom is -0.369 e. The lowest BCUT2D eigenvalue weighted by Crippen LogP contribution is -2.44. The molecule has 2 amide bonds. The molecule has 10 heteroatoms. The molecule has 0 unspecified atom stereocenters. The first kappa shape index (κ1) is 27.1. The van der Waals surface area contributed by atoms with Crippen LogP contribution >= 0.6 is 0 Å². The van der Waals surface area contributed by atoms with Crippen LogP contribution in [0.5, 0.6) is 0 Å². The van der Waals surface area contributed by atoms with Gasteiger partial charge in [0, 0.05) is 61.7 Å². The van der Waals surface area contributed by atoms with Crippen molar-refractivity contribution in [2.75, 3.05) is 62.3 Å². The highest BCUT2D eigenvalue weighted by atomic mass is 16.5. The van der Waals surface area contributed by atoms with Crippen molar-refractivity contribution >= 4 is 23.4 Å². The molecule has 3 N–H and O–H groups in total. The summed E-state index contributed by atoms with van der Waals surface area (Å²) >= 11 is 0. The Hall–Kier alpha value is -3.94. The van der Waals surface area contributed by atoms with Gasteiger partial charge in [-0.25, -0.2) is 14.8 Å². The molecule has 1 fully saturated rings. The van der Waals surface area contributed by atoms with E-state index in [1.165, 1.54) is 6.33 Å². The van der Waals surface area contributed by atoms with E-state index in [1.807, 2.05) is 39.0 Å². The summed E-state index contributed by atoms with van der Waals surface area (Å²) in [6, 6.07) is 8.64. The predicted octanol–water partition coefficient (Wildman–Crippen LogP) is 3.86. The van der Waals surface area contributed by atoms with Crippen molar-refractivity contribution in [2.24, 2.45) is 0 Å². The van der Waals surface area contributed by atoms with Crippen molar-refractivity contribution in [3.8, 4) is 11.8 Å². The van der Waals surface area contributed by atoms with Crippen molar-refractivity contribution in [3.63, 3.8) is 0 Å². The molecule has 0 bridgehead atoms. The van der Waals surface area contributed by atoms with Gasteiger partial charge in [0.15, 0.2) is 5.82 Å². The van der Waals surface area contributed by atoms with Crippen molar-refractivity contribution in [1.82, 2.24) is 24.9 Å². The number of hydrogen-bond donors (Lipinski definition) is 3. The minimum absolute atomic E-state index is 0.194. The SMILES string of the molecule is CN1CCN(CCCNc2ncncc2C#Cc2cccc(NC(=O)Nc3cc(C(C)(C)C)on3)c2)CC1. The van der Waals surface area contributed by atoms with Crippen LogP contribution in [-0.2, 0) is 5.41 Å². The smallest absolute Gasteiger partial charge is 0.324 e. The highest BCUT2D eigenvalue weighted by molar-refractivity contribution is 5.99. The van der Waals surface area contributed by atoms with Crippen LogP contribution in [0.2, 0.25) is 0 Å². The molecule has 0 spiro atoms. The van der Waals surface area contributed by atoms with E-state index in [0.29, 0.717) is 17.3 Å². The van der Waals surface area contributed by atoms with Crippen molar-refractivity contribution < 1.29 is 9.32 Å². The van der Waals surface area contributed by atoms with Gasteiger partial charge >= 0.3 is 6.03 Å². The third-order valence-corrected chi connectivity index (χ3v) is 6.20. The fourth-order valence-electron chi connectivity index (χ4n) is 3.92. The first-order valence-corrected chi connectivity index (χ1v) is 12.9. The predicted molar refractivity (Wildman–Crippen MR) is 149 cm³/mol. The summed E-state index contributed by atoms with van der Waals surface area (Å²) in [5.74, 6) is 8.08. The fraction of sp³-hybridized carbons (Fsp3) is 0.429. The van der Waals surface area contributed by atoms with Crippen LogP contribution in [0.1, 0.15) is 44.1 Å². The topological polar surface area (TPSA) is 111 Å². The van der Waals surface area contributed by atoms with E-state index in [9.17, 15) is 4.79 Å². The average molecular weight is 517 g/mol. The van der Waals surface area contributed by atoms with Crippen molar-refractivity contribution in [2.45, 2.75) is 32.6 Å². The summed E-state index contributed by atoms with van der Waals surface area (Å²) in [5, 5.41) is 12.8. The van der Waals surface area contributed by atoms with Crippen LogP contribution in [0.15, 0.2) is 47.4 Å². The maximum Gasteiger partial charge on any atom is 0.324 e. The molecule has 0 radical (unpaired) electrons. The Morgan fingerprint density at radius 2 is 1.92 bits per heavy atom. The van der Waals surface area contributed by atoms with Gasteiger partial charge in [0.25, 0.3) is 0 Å². The van der Waals surface area contributed by atoms with Gasteiger partial charge in [-0.05, 0) is 38.2 Å². The quantitative estimate of drug-likeness (QED) is 0.321. The van der Waals surface area contributed by atoms with Gasteiger partial charge in [-0.2, -0.15) is 0 Å². The van der Waals surface area contributed by atoms with Crippen LogP contribution in [0.25, 0.3) is 0 Å². The lowest BCUT2D eigenvalue weighted by atomic mass is 9.93. The number of aromatic nitrogens is 3. The second kappa shape index (κ2) is 12.5. The summed E-state index contributed by atoms with van der Waals surface area (Å²) in [6.45, 7) is 12.4. The molecule has 200 valence electrons. The molecule has 3 aromatic rings. The van der Waals surface area contributed by atoms with E-state index in [0.717, 1.165) is 62.6 Å². The summed E-state index contributed by atoms with van der Waals surface area (Å²) in [6.07, 6.45) is 4.26. The number of urea groups is 1. The van der Waals surface area contributed by atoms with Crippen LogP contribution in [-0.4, -0.2) is 77.3 Å². The zero-order valence-electron chi connectivity index (χ0n) is 22.5. The lowest BCUT2D eigenvalue weighted by Gasteiger charge is -2.32. The van der Waals surface area contributed by atoms with Crippen molar-refractivity contribution in [3.05, 3.63) is 59.7 Å². The number of anilines is 3. The highest BCUT2D eigenvalue weighted by Gasteiger charge is 2.20. The first-order chi connectivity index (χ1) is 18.3. The van der Waals surface area contributed by atoms with E-state index in [1.54, 1.807) is 18.3 Å². The molecular formula is C28H36N8O2. The molecule has 10 nitrogen and oxygen atoms in total. The van der Waals surface area contributed by atoms with Crippen LogP contribution in [0.3, 0.4) is 0 Å². The van der Waals surface area contributed by atoms with Gasteiger partial charge in [-0.15, -0.1) is 0 Å². The Labute approximate surface area is 224 Å². The number of nitrogens with zero attached hydrogens (tertiary/aromatic N) is 5. The van der Waals surface area contributed by atoms with E-state index < -0.39 is 6.03 Å². The van der Waals surface area contributed by atoms with E-state index in [2.05, 4.69) is 59.8 Å². The number of benzene rings is 1. The number of hydrogen-bond acceptors (Lipinski definition) is 8. The maximum atomic E-state index is 12.4. The molecule has 1 aliphatic rings. The number of carbonyl (C=O) groups is 1. The zero-order valence-corrected chi connectivity index (χ0v) is 22.5. The number of rotatable bonds is 7. The molecule has 1 aliphatic heterocycles. The van der Waals surface area contributed by atoms with Gasteiger partial charge in [0.05, 0.1) is 5.56 Å². The van der Waals surface area contributed by atoms with Gasteiger partial charge < -0.3 is 25.0 Å². The summed E-state index contributed by atoms with van der Waals surface area (Å²) in [4.78, 5) is 25.8. The number of nitrogens with one attached hydrogen (secondary N) is 3. The Kier molecular flexibility index (Phi) is 8.94. The molecular weight excluding hydrogens is 480 g/mol. The number of piperazine rings is 1. The highest BCUT2D eigenvalue weighted by Crippen LogP contribution is 2.24. The van der Waals surface area contributed by atoms with E-state index in [-0.39, 0.29) is 5.41 Å². The normalized spacial score (nSPS) is 14.4. The fourth-order valence-corrected chi connectivity index (χ4v) is 3.92. The molecule has 3 heterocycles. The summed E-state index contributed by atoms with van der Waals surface area (Å²) in [7, 11) is 2.17. The molecule has 0 saturated carbocycles. The minimum atomic E-state index is -0.414. The first-order valence-electron chi connectivity index (χ1n) is 12.9. The van der Waals surface area contributed by atoms with E-state index in [4.69, 9.17) is 4.52 Å². The Morgan fingerprint density at radius 3 is 2.68 bits per heavy atom. The van der Waals surface area contributed by atoms with Crippen LogP contribution in [0, 0.1) is 11.8 Å². The van der Waals surface area contributed by atoms with Crippen LogP contribution in [0.4, 0.5) is 22.1 Å². The monoisotopic (exact) mass is 516 g/mol. The van der Waals surface area contributed by atoms with Gasteiger partial charge in [0.1, 0.15) is 17.9 Å². The van der Waals surface area contributed by atoms with Gasteiger partial charge in [0.2, 0.25) is 0 Å². The molecule has 0 aliphatic carbocycles. The largest absolute Gasteiger partial charge is 0.369 e. The van der Waals surface area contributed by atoms with Crippen molar-refractivity contribution in [1.29, 1.82) is 0 Å². The number of carbonyl (C=O) groups excluding carboxylic acids is 1. The molecule has 1 saturated heterocycles. The third-order valence-electron chi connectivity index (χ3n) is 6.20. The maximum absolute atomic E-state index is 12.4. The molecule has 38 heavy (non-hydrogen) atoms. The van der Waals surface area contributed by atoms with Gasteiger partial charge in [-0.1, -0.05) is 43.8 Å². The second-order valence-electron chi connectivity index (χ2n) is 10.4. The molecule has 0 atom stereocenters. The molecule has 4 rings (SSSR count). The Balaban J connectivity index is 1.31. The van der Waals surface area contributed by atoms with Crippen LogP contribution < -0.4 is 16.0 Å². The number of amides is 2. The summed E-state index contributed by atoms with van der Waals surface area (Å²) in [5.41, 5.74) is 1.90. The average Bonchev–Trinajstić information content (AvgIpc) is 3.36. The molecule has 1 aromatic carbocycles. The summed E-state index contributed by atoms with van der Waals surface area (Å²) < 4.78 is 5.32. The second-order valence-corrected chi connectivity index (χ2v) is 10.4. The van der Waals surface area contributed by atoms with Gasteiger partial charge in [-0.3, -0.25) is 5.32 Å². The Morgan fingerprint density at radius 1 is 1.11 bits per heavy atom. The Bertz CT molecular complexity index is 1280.